The van der Waals surface area contributed by atoms with Gasteiger partial charge in [-0.3, -0.25) is 4.79 Å². The van der Waals surface area contributed by atoms with Crippen LogP contribution in [0, 0.1) is 0 Å². The zero-order valence-electron chi connectivity index (χ0n) is 3.48. The van der Waals surface area contributed by atoms with E-state index in [0.29, 0.717) is 0 Å². The van der Waals surface area contributed by atoms with Gasteiger partial charge in [0.2, 0.25) is 5.24 Å². The van der Waals surface area contributed by atoms with Gasteiger partial charge in [0, 0.05) is 6.08 Å². The van der Waals surface area contributed by atoms with Gasteiger partial charge >= 0.3 is 0 Å². The molecule has 0 saturated carbocycles. The van der Waals surface area contributed by atoms with Crippen LogP contribution < -0.4 is 0 Å². The van der Waals surface area contributed by atoms with Gasteiger partial charge < -0.3 is 0 Å². The molecule has 0 aliphatic rings. The van der Waals surface area contributed by atoms with E-state index in [1.54, 1.807) is 0 Å². The third-order valence-corrected chi connectivity index (χ3v) is 0.500. The lowest BCUT2D eigenvalue weighted by Crippen LogP contribution is -1.78. The van der Waals surface area contributed by atoms with Crippen molar-refractivity contribution in [1.29, 1.82) is 0 Å². The normalized spacial score (nSPS) is 7.00. The number of allylic oxidation sites excluding steroid dienone is 1. The van der Waals surface area contributed by atoms with Crippen LogP contribution in [0.25, 0.3) is 0 Å². The van der Waals surface area contributed by atoms with Gasteiger partial charge in [0.25, 0.3) is 0 Å². The average molecular weight is 119 g/mol. The largest absolute Gasteiger partial charge is 0.281 e. The maximum atomic E-state index is 9.76. The molecule has 7 heavy (non-hydrogen) atoms. The summed E-state index contributed by atoms with van der Waals surface area (Å²) in [4.78, 5) is 19.1. The highest BCUT2D eigenvalue weighted by atomic mass is 35.5. The fraction of sp³-hybridized carbons (Fsp3) is 0.250. The Morgan fingerprint density at radius 2 is 2.43 bits per heavy atom. The van der Waals surface area contributed by atoms with Gasteiger partial charge in [0.1, 0.15) is 5.94 Å². The van der Waals surface area contributed by atoms with E-state index in [1.807, 2.05) is 0 Å². The zero-order chi connectivity index (χ0) is 5.70. The summed E-state index contributed by atoms with van der Waals surface area (Å²) in [7, 11) is 0. The molecule has 0 amide bonds. The Bertz CT molecular complexity index is 113. The molecule has 0 N–H and O–H groups in total. The second kappa shape index (κ2) is 3.59. The third-order valence-electron chi connectivity index (χ3n) is 0.346. The molecule has 0 heterocycles. The van der Waals surface area contributed by atoms with E-state index in [9.17, 15) is 9.59 Å². The Morgan fingerprint density at radius 1 is 1.86 bits per heavy atom. The van der Waals surface area contributed by atoms with E-state index in [4.69, 9.17) is 11.6 Å². The molecule has 0 spiro atoms. The highest BCUT2D eigenvalue weighted by Gasteiger charge is 1.86. The van der Waals surface area contributed by atoms with E-state index in [0.717, 1.165) is 6.08 Å². The van der Waals surface area contributed by atoms with Crippen LogP contribution in [0.1, 0.15) is 6.42 Å². The molecule has 38 valence electrons. The lowest BCUT2D eigenvalue weighted by Gasteiger charge is -1.70. The molecule has 2 nitrogen and oxygen atoms in total. The summed E-state index contributed by atoms with van der Waals surface area (Å²) >= 11 is 4.81. The average Bonchev–Trinajstić information content (AvgIpc) is 1.61. The predicted molar refractivity (Wildman–Crippen MR) is 25.7 cm³/mol. The maximum absolute atomic E-state index is 9.76. The first-order chi connectivity index (χ1) is 3.27. The lowest BCUT2D eigenvalue weighted by molar-refractivity contribution is -0.110. The van der Waals surface area contributed by atoms with Crippen molar-refractivity contribution in [2.75, 3.05) is 0 Å². The minimum atomic E-state index is -0.539. The first-order valence-electron chi connectivity index (χ1n) is 1.65. The molecule has 3 heteroatoms. The van der Waals surface area contributed by atoms with Crippen LogP contribution in [-0.2, 0) is 9.59 Å². The molecule has 0 radical (unpaired) electrons. The number of rotatable bonds is 2. The molecule has 0 saturated heterocycles. The van der Waals surface area contributed by atoms with Crippen LogP contribution in [0.15, 0.2) is 6.08 Å². The number of hydrogen-bond acceptors (Lipinski definition) is 2. The Morgan fingerprint density at radius 3 is 2.57 bits per heavy atom. The monoisotopic (exact) mass is 118 g/mol. The van der Waals surface area contributed by atoms with Gasteiger partial charge in [-0.2, -0.15) is 0 Å². The lowest BCUT2D eigenvalue weighted by atomic mass is 10.5. The molecule has 0 aromatic carbocycles. The van der Waals surface area contributed by atoms with Crippen LogP contribution in [0.4, 0.5) is 0 Å². The number of carbonyl (C=O) groups is 1. The fourth-order valence-corrected chi connectivity index (χ4v) is 0.199. The Balaban J connectivity index is 3.32. The van der Waals surface area contributed by atoms with Crippen molar-refractivity contribution in [3.8, 4) is 0 Å². The smallest absolute Gasteiger partial charge is 0.226 e. The summed E-state index contributed by atoms with van der Waals surface area (Å²) in [6.07, 6.45) is 1.01. The molecule has 0 aromatic rings. The molecule has 0 rings (SSSR count). The van der Waals surface area contributed by atoms with Crippen molar-refractivity contribution >= 4 is 22.8 Å². The van der Waals surface area contributed by atoms with Crippen LogP contribution in [0.5, 0.6) is 0 Å². The predicted octanol–water partition coefficient (Wildman–Crippen LogP) is 0.530. The van der Waals surface area contributed by atoms with Gasteiger partial charge in [0.15, 0.2) is 0 Å². The second-order valence-corrected chi connectivity index (χ2v) is 1.30. The van der Waals surface area contributed by atoms with Crippen LogP contribution in [0.2, 0.25) is 0 Å². The van der Waals surface area contributed by atoms with Gasteiger partial charge in [-0.15, -0.1) is 0 Å². The molecule has 0 fully saturated rings. The third kappa shape index (κ3) is 5.41. The minimum absolute atomic E-state index is 0.0228. The van der Waals surface area contributed by atoms with Crippen LogP contribution in [-0.4, -0.2) is 11.2 Å². The van der Waals surface area contributed by atoms with Crippen molar-refractivity contribution in [1.82, 2.24) is 0 Å². The second-order valence-electron chi connectivity index (χ2n) is 0.881. The minimum Gasteiger partial charge on any atom is -0.281 e. The summed E-state index contributed by atoms with van der Waals surface area (Å²) in [5.74, 6) is 1.42. The molecule has 0 aliphatic heterocycles. The van der Waals surface area contributed by atoms with Crippen LogP contribution in [0.3, 0.4) is 0 Å². The Kier molecular flexibility index (Phi) is 3.29. The topological polar surface area (TPSA) is 34.1 Å². The van der Waals surface area contributed by atoms with E-state index in [-0.39, 0.29) is 6.42 Å². The first-order valence-corrected chi connectivity index (χ1v) is 2.03. The Hall–Kier alpha value is -0.590. The molecular weight excluding hydrogens is 115 g/mol. The summed E-state index contributed by atoms with van der Waals surface area (Å²) in [5, 5.41) is -0.539. The van der Waals surface area contributed by atoms with Gasteiger partial charge in [0.05, 0.1) is 6.42 Å². The summed E-state index contributed by atoms with van der Waals surface area (Å²) in [5.41, 5.74) is 0. The number of halogens is 1. The van der Waals surface area contributed by atoms with E-state index in [2.05, 4.69) is 0 Å². The van der Waals surface area contributed by atoms with Crippen molar-refractivity contribution in [2.24, 2.45) is 0 Å². The standard InChI is InChI=1S/C4H3ClO2/c5-4(7)2-1-3-6/h1H,2H2. The van der Waals surface area contributed by atoms with Gasteiger partial charge in [-0.25, -0.2) is 4.79 Å². The summed E-state index contributed by atoms with van der Waals surface area (Å²) < 4.78 is 0. The SMILES string of the molecule is O=C=CCC(=O)Cl. The van der Waals surface area contributed by atoms with Crippen molar-refractivity contribution < 1.29 is 9.59 Å². The number of hydrogen-bond donors (Lipinski definition) is 0. The molecule has 0 atom stereocenters. The molecular formula is C4H3ClO2. The highest BCUT2D eigenvalue weighted by molar-refractivity contribution is 6.63. The number of carbonyl (C=O) groups excluding carboxylic acids is 2. The molecule has 0 aliphatic carbocycles. The maximum Gasteiger partial charge on any atom is 0.226 e. The summed E-state index contributed by atoms with van der Waals surface area (Å²) in [6, 6.07) is 0. The molecule has 0 aromatic heterocycles. The van der Waals surface area contributed by atoms with E-state index in [1.165, 1.54) is 5.94 Å². The molecule has 0 unspecified atom stereocenters. The van der Waals surface area contributed by atoms with Gasteiger partial charge in [-0.1, -0.05) is 0 Å². The van der Waals surface area contributed by atoms with Crippen LogP contribution >= 0.6 is 11.6 Å². The van der Waals surface area contributed by atoms with Gasteiger partial charge in [-0.05, 0) is 11.6 Å². The van der Waals surface area contributed by atoms with E-state index >= 15 is 0 Å². The summed E-state index contributed by atoms with van der Waals surface area (Å²) in [6.45, 7) is 0. The zero-order valence-corrected chi connectivity index (χ0v) is 4.23. The van der Waals surface area contributed by atoms with Crippen molar-refractivity contribution in [3.63, 3.8) is 0 Å². The fourth-order valence-electron chi connectivity index (χ4n) is 0.122. The van der Waals surface area contributed by atoms with E-state index < -0.39 is 5.24 Å². The first kappa shape index (κ1) is 6.41. The quantitative estimate of drug-likeness (QED) is 0.392. The molecule has 0 bridgehead atoms. The van der Waals surface area contributed by atoms with Crippen molar-refractivity contribution in [3.05, 3.63) is 6.08 Å². The Labute approximate surface area is 45.8 Å². The van der Waals surface area contributed by atoms with Crippen molar-refractivity contribution in [2.45, 2.75) is 6.42 Å². The highest BCUT2D eigenvalue weighted by Crippen LogP contribution is 1.85.